The first-order valence-electron chi connectivity index (χ1n) is 6.93. The van der Waals surface area contributed by atoms with Gasteiger partial charge in [0.25, 0.3) is 0 Å². The van der Waals surface area contributed by atoms with Crippen molar-refractivity contribution in [2.75, 3.05) is 12.9 Å². The lowest BCUT2D eigenvalue weighted by atomic mass is 9.99. The standard InChI is InChI=1S/C16H20O6S/c1-10(17)23-8-7-13(18)16(21)12-3-5-14(22-2)11(9-12)4-6-15(19)20/h3-6,9,13,16,18,21H,7-8H2,1-2H3,(H,19,20)/b6-4+. The smallest absolute Gasteiger partial charge is 0.328 e. The molecule has 0 saturated carbocycles. The first-order valence-corrected chi connectivity index (χ1v) is 7.92. The molecule has 1 aromatic rings. The molecule has 126 valence electrons. The molecule has 0 aliphatic rings. The largest absolute Gasteiger partial charge is 0.496 e. The van der Waals surface area contributed by atoms with Gasteiger partial charge in [0.1, 0.15) is 11.9 Å². The van der Waals surface area contributed by atoms with E-state index >= 15 is 0 Å². The number of rotatable bonds is 8. The van der Waals surface area contributed by atoms with Gasteiger partial charge in [0.2, 0.25) is 0 Å². The zero-order valence-corrected chi connectivity index (χ0v) is 13.7. The van der Waals surface area contributed by atoms with Gasteiger partial charge in [0.15, 0.2) is 5.12 Å². The number of ether oxygens (including phenoxy) is 1. The van der Waals surface area contributed by atoms with Crippen molar-refractivity contribution in [3.63, 3.8) is 0 Å². The Morgan fingerprint density at radius 2 is 2.04 bits per heavy atom. The fourth-order valence-corrected chi connectivity index (χ4v) is 2.58. The third kappa shape index (κ3) is 6.43. The molecule has 0 aliphatic heterocycles. The van der Waals surface area contributed by atoms with Crippen LogP contribution in [0.15, 0.2) is 24.3 Å². The number of carbonyl (C=O) groups is 2. The molecule has 2 unspecified atom stereocenters. The van der Waals surface area contributed by atoms with Gasteiger partial charge in [-0.05, 0) is 30.2 Å². The van der Waals surface area contributed by atoms with Gasteiger partial charge in [-0.1, -0.05) is 17.8 Å². The fourth-order valence-electron chi connectivity index (χ4n) is 1.93. The average Bonchev–Trinajstić information content (AvgIpc) is 2.51. The lowest BCUT2D eigenvalue weighted by Crippen LogP contribution is -2.19. The number of aliphatic hydroxyl groups is 2. The summed E-state index contributed by atoms with van der Waals surface area (Å²) in [6.45, 7) is 1.44. The summed E-state index contributed by atoms with van der Waals surface area (Å²) in [5.41, 5.74) is 0.924. The van der Waals surface area contributed by atoms with E-state index in [4.69, 9.17) is 9.84 Å². The summed E-state index contributed by atoms with van der Waals surface area (Å²) in [6, 6.07) is 4.75. The summed E-state index contributed by atoms with van der Waals surface area (Å²) in [5.74, 6) is -0.227. The summed E-state index contributed by atoms with van der Waals surface area (Å²) in [5, 5.41) is 28.9. The third-order valence-electron chi connectivity index (χ3n) is 3.08. The summed E-state index contributed by atoms with van der Waals surface area (Å²) < 4.78 is 5.13. The molecule has 1 aromatic carbocycles. The van der Waals surface area contributed by atoms with Crippen LogP contribution in [0.2, 0.25) is 0 Å². The molecular weight excluding hydrogens is 320 g/mol. The molecule has 3 N–H and O–H groups in total. The lowest BCUT2D eigenvalue weighted by molar-refractivity contribution is -0.131. The van der Waals surface area contributed by atoms with Crippen molar-refractivity contribution in [1.29, 1.82) is 0 Å². The minimum atomic E-state index is -1.13. The Morgan fingerprint density at radius 1 is 1.35 bits per heavy atom. The van der Waals surface area contributed by atoms with E-state index in [2.05, 4.69) is 0 Å². The highest BCUT2D eigenvalue weighted by molar-refractivity contribution is 8.13. The maximum absolute atomic E-state index is 10.9. The molecule has 0 fully saturated rings. The topological polar surface area (TPSA) is 104 Å². The van der Waals surface area contributed by atoms with E-state index in [0.29, 0.717) is 22.6 Å². The van der Waals surface area contributed by atoms with Crippen molar-refractivity contribution < 1.29 is 29.6 Å². The second kappa shape index (κ2) is 9.34. The quantitative estimate of drug-likeness (QED) is 0.620. The van der Waals surface area contributed by atoms with Gasteiger partial charge in [-0.25, -0.2) is 4.79 Å². The molecule has 0 aromatic heterocycles. The van der Waals surface area contributed by atoms with E-state index in [-0.39, 0.29) is 11.5 Å². The zero-order chi connectivity index (χ0) is 17.4. The summed E-state index contributed by atoms with van der Waals surface area (Å²) in [4.78, 5) is 21.5. The van der Waals surface area contributed by atoms with Gasteiger partial charge in [0, 0.05) is 24.3 Å². The molecule has 0 heterocycles. The molecule has 0 saturated heterocycles. The van der Waals surface area contributed by atoms with Crippen molar-refractivity contribution >= 4 is 28.9 Å². The van der Waals surface area contributed by atoms with Crippen LogP contribution in [0.4, 0.5) is 0 Å². The third-order valence-corrected chi connectivity index (χ3v) is 3.93. The normalized spacial score (nSPS) is 13.7. The first-order chi connectivity index (χ1) is 10.8. The maximum Gasteiger partial charge on any atom is 0.328 e. The number of hydrogen-bond donors (Lipinski definition) is 3. The molecule has 1 rings (SSSR count). The van der Waals surface area contributed by atoms with E-state index in [1.54, 1.807) is 18.2 Å². The van der Waals surface area contributed by atoms with Crippen LogP contribution in [0.25, 0.3) is 6.08 Å². The molecule has 6 nitrogen and oxygen atoms in total. The summed E-state index contributed by atoms with van der Waals surface area (Å²) in [7, 11) is 1.46. The van der Waals surface area contributed by atoms with Crippen LogP contribution in [0.3, 0.4) is 0 Å². The van der Waals surface area contributed by atoms with Crippen LogP contribution in [-0.2, 0) is 9.59 Å². The van der Waals surface area contributed by atoms with Gasteiger partial charge < -0.3 is 20.1 Å². The van der Waals surface area contributed by atoms with Gasteiger partial charge in [-0.2, -0.15) is 0 Å². The van der Waals surface area contributed by atoms with Crippen LogP contribution in [0.1, 0.15) is 30.6 Å². The van der Waals surface area contributed by atoms with Gasteiger partial charge >= 0.3 is 5.97 Å². The molecule has 0 spiro atoms. The van der Waals surface area contributed by atoms with Gasteiger partial charge in [0.05, 0.1) is 13.2 Å². The number of thioether (sulfide) groups is 1. The van der Waals surface area contributed by atoms with Crippen molar-refractivity contribution in [1.82, 2.24) is 0 Å². The van der Waals surface area contributed by atoms with Crippen LogP contribution in [0.5, 0.6) is 5.75 Å². The number of aliphatic hydroxyl groups excluding tert-OH is 2. The average molecular weight is 340 g/mol. The summed E-state index contributed by atoms with van der Waals surface area (Å²) >= 11 is 1.09. The highest BCUT2D eigenvalue weighted by Gasteiger charge is 2.19. The van der Waals surface area contributed by atoms with Crippen LogP contribution in [-0.4, -0.2) is 45.4 Å². The van der Waals surface area contributed by atoms with E-state index in [1.165, 1.54) is 20.1 Å². The Hall–Kier alpha value is -1.83. The molecule has 0 amide bonds. The number of hydrogen-bond acceptors (Lipinski definition) is 6. The highest BCUT2D eigenvalue weighted by atomic mass is 32.2. The van der Waals surface area contributed by atoms with Crippen molar-refractivity contribution in [3.8, 4) is 5.75 Å². The molecule has 0 aliphatic carbocycles. The fraction of sp³-hybridized carbons (Fsp3) is 0.375. The second-order valence-electron chi connectivity index (χ2n) is 4.81. The Labute approximate surface area is 138 Å². The SMILES string of the molecule is COc1ccc(C(O)C(O)CCSC(C)=O)cc1/C=C/C(=O)O. The number of aliphatic carboxylic acids is 1. The van der Waals surface area contributed by atoms with Crippen LogP contribution >= 0.6 is 11.8 Å². The number of carboxylic acids is 1. The van der Waals surface area contributed by atoms with Gasteiger partial charge in [-0.3, -0.25) is 4.79 Å². The number of carbonyl (C=O) groups excluding carboxylic acids is 1. The van der Waals surface area contributed by atoms with E-state index in [0.717, 1.165) is 17.8 Å². The Kier molecular flexibility index (Phi) is 7.80. The van der Waals surface area contributed by atoms with E-state index < -0.39 is 18.2 Å². The molecule has 0 bridgehead atoms. The molecule has 0 radical (unpaired) electrons. The second-order valence-corrected chi connectivity index (χ2v) is 6.09. The first kappa shape index (κ1) is 19.2. The van der Waals surface area contributed by atoms with E-state index in [1.807, 2.05) is 0 Å². The zero-order valence-electron chi connectivity index (χ0n) is 12.9. The van der Waals surface area contributed by atoms with E-state index in [9.17, 15) is 19.8 Å². The Morgan fingerprint density at radius 3 is 2.61 bits per heavy atom. The van der Waals surface area contributed by atoms with Crippen molar-refractivity contribution in [2.45, 2.75) is 25.6 Å². The minimum absolute atomic E-state index is 0.0442. The van der Waals surface area contributed by atoms with Crippen LogP contribution < -0.4 is 4.74 Å². The number of methoxy groups -OCH3 is 1. The molecular formula is C16H20O6S. The highest BCUT2D eigenvalue weighted by Crippen LogP contribution is 2.27. The van der Waals surface area contributed by atoms with Gasteiger partial charge in [-0.15, -0.1) is 0 Å². The predicted octanol–water partition coefficient (Wildman–Crippen LogP) is 1.86. The molecule has 2 atom stereocenters. The monoisotopic (exact) mass is 340 g/mol. The van der Waals surface area contributed by atoms with Crippen molar-refractivity contribution in [3.05, 3.63) is 35.4 Å². The van der Waals surface area contributed by atoms with Crippen LogP contribution in [0, 0.1) is 0 Å². The molecule has 23 heavy (non-hydrogen) atoms. The summed E-state index contributed by atoms with van der Waals surface area (Å²) in [6.07, 6.45) is 0.429. The Bertz CT molecular complexity index is 584. The number of carboxylic acid groups (broad SMARTS) is 1. The number of benzene rings is 1. The molecule has 7 heteroatoms. The maximum atomic E-state index is 10.9. The predicted molar refractivity (Wildman–Crippen MR) is 88.4 cm³/mol. The lowest BCUT2D eigenvalue weighted by Gasteiger charge is -2.19. The van der Waals surface area contributed by atoms with Crippen molar-refractivity contribution in [2.24, 2.45) is 0 Å². The Balaban J connectivity index is 2.87. The minimum Gasteiger partial charge on any atom is -0.496 e.